The summed E-state index contributed by atoms with van der Waals surface area (Å²) < 4.78 is 0. The Kier molecular flexibility index (Phi) is 8.51. The fourth-order valence-corrected chi connectivity index (χ4v) is 0. The molecule has 0 aliphatic heterocycles. The van der Waals surface area contributed by atoms with Gasteiger partial charge < -0.3 is 5.11 Å². The summed E-state index contributed by atoms with van der Waals surface area (Å²) in [6.07, 6.45) is 0. The van der Waals surface area contributed by atoms with E-state index in [-0.39, 0.29) is 22.5 Å². The van der Waals surface area contributed by atoms with Crippen LogP contribution in [0, 0.1) is 0 Å². The van der Waals surface area contributed by atoms with Crippen LogP contribution in [0.2, 0.25) is 0 Å². The topological polar surface area (TPSA) is 37.3 Å². The van der Waals surface area contributed by atoms with Crippen LogP contribution in [0.15, 0.2) is 0 Å². The quantitative estimate of drug-likeness (QED) is 0.517. The molecule has 0 aromatic heterocycles. The van der Waals surface area contributed by atoms with E-state index < -0.39 is 5.97 Å². The van der Waals surface area contributed by atoms with Gasteiger partial charge in [0.2, 0.25) is 0 Å². The Labute approximate surface area is 51.5 Å². The molecule has 0 aromatic rings. The van der Waals surface area contributed by atoms with Crippen LogP contribution < -0.4 is 0 Å². The Bertz CT molecular complexity index is 46.8. The number of carbonyl (C=O) groups is 1. The predicted octanol–water partition coefficient (Wildman–Crippen LogP) is -0.00170. The van der Waals surface area contributed by atoms with Gasteiger partial charge >= 0.3 is 5.97 Å². The first-order chi connectivity index (χ1) is 2.27. The van der Waals surface area contributed by atoms with Gasteiger partial charge in [0.1, 0.15) is 0 Å². The Morgan fingerprint density at radius 1 is 1.83 bits per heavy atom. The molecule has 0 saturated heterocycles. The minimum absolute atomic E-state index is 0. The SMILES string of the molecule is O=C(O)CS.[Co]. The second kappa shape index (κ2) is 5.33. The molecular formula is C2H4CoO2S. The van der Waals surface area contributed by atoms with E-state index in [1.165, 1.54) is 0 Å². The smallest absolute Gasteiger partial charge is 0.313 e. The average molecular weight is 151 g/mol. The second-order valence-electron chi connectivity index (χ2n) is 0.552. The molecule has 0 aromatic carbocycles. The largest absolute Gasteiger partial charge is 0.481 e. The summed E-state index contributed by atoms with van der Waals surface area (Å²) in [5.41, 5.74) is 0. The Morgan fingerprint density at radius 2 is 2.00 bits per heavy atom. The van der Waals surface area contributed by atoms with Crippen molar-refractivity contribution >= 4 is 18.6 Å². The van der Waals surface area contributed by atoms with Gasteiger partial charge in [-0.1, -0.05) is 0 Å². The summed E-state index contributed by atoms with van der Waals surface area (Å²) in [5, 5.41) is 7.65. The molecule has 0 amide bonds. The molecule has 0 atom stereocenters. The molecule has 2 nitrogen and oxygen atoms in total. The molecule has 0 spiro atoms. The maximum atomic E-state index is 9.29. The number of thiol groups is 1. The summed E-state index contributed by atoms with van der Waals surface area (Å²) in [6.45, 7) is 0. The number of hydrogen-bond donors (Lipinski definition) is 2. The molecule has 0 rings (SSSR count). The van der Waals surface area contributed by atoms with Gasteiger partial charge in [-0.3, -0.25) is 4.79 Å². The Morgan fingerprint density at radius 3 is 2.00 bits per heavy atom. The van der Waals surface area contributed by atoms with Crippen LogP contribution in [0.1, 0.15) is 0 Å². The van der Waals surface area contributed by atoms with Crippen LogP contribution in [0.25, 0.3) is 0 Å². The van der Waals surface area contributed by atoms with Crippen molar-refractivity contribution in [2.24, 2.45) is 0 Å². The van der Waals surface area contributed by atoms with Crippen LogP contribution in [0.3, 0.4) is 0 Å². The molecule has 6 heavy (non-hydrogen) atoms. The van der Waals surface area contributed by atoms with Crippen molar-refractivity contribution in [3.63, 3.8) is 0 Å². The molecule has 39 valence electrons. The zero-order valence-electron chi connectivity index (χ0n) is 2.84. The van der Waals surface area contributed by atoms with Gasteiger partial charge in [-0.2, -0.15) is 12.6 Å². The first-order valence-corrected chi connectivity index (χ1v) is 1.73. The fraction of sp³-hybridized carbons (Fsp3) is 0.500. The Hall–Kier alpha value is 0.326. The van der Waals surface area contributed by atoms with Gasteiger partial charge in [0.15, 0.2) is 0 Å². The number of carboxylic acids is 1. The molecule has 0 saturated carbocycles. The third-order valence-corrected chi connectivity index (χ3v) is 0.406. The fourth-order valence-electron chi connectivity index (χ4n) is 0. The average Bonchev–Trinajstić information content (AvgIpc) is 1.38. The maximum Gasteiger partial charge on any atom is 0.313 e. The summed E-state index contributed by atoms with van der Waals surface area (Å²) in [7, 11) is 0. The van der Waals surface area contributed by atoms with Gasteiger partial charge in [-0.15, -0.1) is 0 Å². The van der Waals surface area contributed by atoms with Crippen LogP contribution in [-0.2, 0) is 21.6 Å². The monoisotopic (exact) mass is 151 g/mol. The number of carboxylic acid groups (broad SMARTS) is 1. The van der Waals surface area contributed by atoms with Crippen molar-refractivity contribution in [1.29, 1.82) is 0 Å². The van der Waals surface area contributed by atoms with E-state index >= 15 is 0 Å². The van der Waals surface area contributed by atoms with E-state index in [1.54, 1.807) is 0 Å². The van der Waals surface area contributed by atoms with Crippen molar-refractivity contribution in [1.82, 2.24) is 0 Å². The van der Waals surface area contributed by atoms with Crippen LogP contribution in [0.5, 0.6) is 0 Å². The Balaban J connectivity index is 0. The summed E-state index contributed by atoms with van der Waals surface area (Å²) in [6, 6.07) is 0. The molecule has 1 N–H and O–H groups in total. The van der Waals surface area contributed by atoms with Crippen LogP contribution in [-0.4, -0.2) is 16.8 Å². The van der Waals surface area contributed by atoms with E-state index in [1.807, 2.05) is 0 Å². The van der Waals surface area contributed by atoms with E-state index in [4.69, 9.17) is 5.11 Å². The zero-order chi connectivity index (χ0) is 4.28. The molecule has 1 radical (unpaired) electrons. The first-order valence-electron chi connectivity index (χ1n) is 1.10. The molecule has 0 heterocycles. The van der Waals surface area contributed by atoms with E-state index in [9.17, 15) is 4.79 Å². The number of aliphatic carboxylic acids is 1. The second-order valence-corrected chi connectivity index (χ2v) is 0.868. The van der Waals surface area contributed by atoms with Crippen molar-refractivity contribution in [3.8, 4) is 0 Å². The van der Waals surface area contributed by atoms with Crippen molar-refractivity contribution in [3.05, 3.63) is 0 Å². The predicted molar refractivity (Wildman–Crippen MR) is 21.5 cm³/mol. The normalized spacial score (nSPS) is 6.17. The van der Waals surface area contributed by atoms with Crippen molar-refractivity contribution in [2.45, 2.75) is 0 Å². The summed E-state index contributed by atoms with van der Waals surface area (Å²) >= 11 is 3.42. The third-order valence-electron chi connectivity index (χ3n) is 0.135. The molecule has 0 aliphatic carbocycles. The van der Waals surface area contributed by atoms with Gasteiger partial charge in [-0.05, 0) is 0 Å². The van der Waals surface area contributed by atoms with Crippen molar-refractivity contribution in [2.75, 3.05) is 5.75 Å². The number of hydrogen-bond acceptors (Lipinski definition) is 2. The molecule has 0 fully saturated rings. The molecular weight excluding hydrogens is 147 g/mol. The van der Waals surface area contributed by atoms with Crippen LogP contribution >= 0.6 is 12.6 Å². The van der Waals surface area contributed by atoms with Crippen LogP contribution in [0.4, 0.5) is 0 Å². The summed E-state index contributed by atoms with van der Waals surface area (Å²) in [5.74, 6) is -0.965. The molecule has 0 bridgehead atoms. The molecule has 0 unspecified atom stereocenters. The van der Waals surface area contributed by atoms with Gasteiger partial charge in [0, 0.05) is 16.8 Å². The minimum atomic E-state index is -0.881. The van der Waals surface area contributed by atoms with Gasteiger partial charge in [-0.25, -0.2) is 0 Å². The zero-order valence-corrected chi connectivity index (χ0v) is 4.78. The van der Waals surface area contributed by atoms with Gasteiger partial charge in [0.25, 0.3) is 0 Å². The van der Waals surface area contributed by atoms with E-state index in [0.717, 1.165) is 0 Å². The van der Waals surface area contributed by atoms with E-state index in [2.05, 4.69) is 12.6 Å². The van der Waals surface area contributed by atoms with Gasteiger partial charge in [0.05, 0.1) is 5.75 Å². The first kappa shape index (κ1) is 9.59. The maximum absolute atomic E-state index is 9.29. The van der Waals surface area contributed by atoms with Crippen molar-refractivity contribution < 1.29 is 26.7 Å². The third kappa shape index (κ3) is 8.85. The number of rotatable bonds is 1. The van der Waals surface area contributed by atoms with E-state index in [0.29, 0.717) is 0 Å². The standard InChI is InChI=1S/C2H4O2S.Co/c3-2(4)1-5;/h5H,1H2,(H,3,4);. The summed E-state index contributed by atoms with van der Waals surface area (Å²) in [4.78, 5) is 9.29. The molecule has 0 aliphatic rings. The minimum Gasteiger partial charge on any atom is -0.481 e. The molecule has 4 heteroatoms.